The number of piperidine rings is 1. The van der Waals surface area contributed by atoms with Crippen LogP contribution in [0.25, 0.3) is 10.9 Å². The highest BCUT2D eigenvalue weighted by Crippen LogP contribution is 2.27. The molecular formula is C16H18N2O2. The van der Waals surface area contributed by atoms with Crippen LogP contribution in [0, 0.1) is 0 Å². The van der Waals surface area contributed by atoms with Gasteiger partial charge in [-0.2, -0.15) is 0 Å². The molecule has 0 spiro atoms. The van der Waals surface area contributed by atoms with E-state index >= 15 is 0 Å². The van der Waals surface area contributed by atoms with Crippen LogP contribution in [-0.2, 0) is 4.79 Å². The normalized spacial score (nSPS) is 16.6. The largest absolute Gasteiger partial charge is 0.343 e. The molecular weight excluding hydrogens is 252 g/mol. The summed E-state index contributed by atoms with van der Waals surface area (Å²) >= 11 is 0. The number of hydrogen-bond donors (Lipinski definition) is 1. The topological polar surface area (TPSA) is 53.2 Å². The van der Waals surface area contributed by atoms with Crippen LogP contribution in [0.3, 0.4) is 0 Å². The average Bonchev–Trinajstić information content (AvgIpc) is 2.46. The molecule has 0 atom stereocenters. The molecule has 4 heteroatoms. The minimum Gasteiger partial charge on any atom is -0.343 e. The lowest BCUT2D eigenvalue weighted by Gasteiger charge is -2.31. The van der Waals surface area contributed by atoms with Crippen LogP contribution in [0.15, 0.2) is 35.1 Å². The van der Waals surface area contributed by atoms with E-state index in [9.17, 15) is 9.59 Å². The van der Waals surface area contributed by atoms with Crippen LogP contribution in [0.2, 0.25) is 0 Å². The maximum atomic E-state index is 12.2. The van der Waals surface area contributed by atoms with Gasteiger partial charge < -0.3 is 9.88 Å². The summed E-state index contributed by atoms with van der Waals surface area (Å²) in [4.78, 5) is 28.4. The van der Waals surface area contributed by atoms with Gasteiger partial charge in [-0.05, 0) is 36.3 Å². The van der Waals surface area contributed by atoms with Gasteiger partial charge in [0.2, 0.25) is 5.91 Å². The number of hydrogen-bond acceptors (Lipinski definition) is 2. The molecule has 2 aromatic rings. The van der Waals surface area contributed by atoms with Gasteiger partial charge >= 0.3 is 0 Å². The number of aromatic nitrogens is 1. The van der Waals surface area contributed by atoms with E-state index < -0.39 is 0 Å². The van der Waals surface area contributed by atoms with Gasteiger partial charge in [0.05, 0.1) is 0 Å². The highest BCUT2D eigenvalue weighted by molar-refractivity contribution is 5.78. The first-order valence-corrected chi connectivity index (χ1v) is 7.02. The van der Waals surface area contributed by atoms with E-state index in [2.05, 4.69) is 4.98 Å². The third-order valence-corrected chi connectivity index (χ3v) is 4.16. The quantitative estimate of drug-likeness (QED) is 0.864. The van der Waals surface area contributed by atoms with Gasteiger partial charge in [-0.3, -0.25) is 9.59 Å². The molecule has 1 saturated heterocycles. The Morgan fingerprint density at radius 3 is 2.65 bits per heavy atom. The predicted molar refractivity (Wildman–Crippen MR) is 78.8 cm³/mol. The Morgan fingerprint density at radius 1 is 1.25 bits per heavy atom. The summed E-state index contributed by atoms with van der Waals surface area (Å²) in [6.07, 6.45) is 1.72. The molecule has 2 heterocycles. The van der Waals surface area contributed by atoms with Crippen molar-refractivity contribution in [2.75, 3.05) is 13.1 Å². The van der Waals surface area contributed by atoms with Gasteiger partial charge in [0, 0.05) is 31.1 Å². The number of nitrogens with one attached hydrogen (secondary N) is 1. The summed E-state index contributed by atoms with van der Waals surface area (Å²) in [6, 6.07) is 9.83. The molecule has 1 aliphatic heterocycles. The zero-order chi connectivity index (χ0) is 14.1. The number of carbonyl (C=O) groups excluding carboxylic acids is 1. The van der Waals surface area contributed by atoms with Crippen LogP contribution in [0.5, 0.6) is 0 Å². The van der Waals surface area contributed by atoms with Crippen LogP contribution >= 0.6 is 0 Å². The molecule has 1 aliphatic rings. The standard InChI is InChI=1S/C16H18N2O2/c1-11(19)18-8-6-12(7-9-18)14-10-13-4-2-3-5-15(13)17-16(14)20/h2-5,10,12H,6-9H2,1H3,(H,17,20). The van der Waals surface area contributed by atoms with E-state index in [0.717, 1.165) is 42.4 Å². The number of amides is 1. The van der Waals surface area contributed by atoms with E-state index in [1.165, 1.54) is 0 Å². The van der Waals surface area contributed by atoms with E-state index in [-0.39, 0.29) is 17.4 Å². The lowest BCUT2D eigenvalue weighted by atomic mass is 9.89. The molecule has 1 fully saturated rings. The van der Waals surface area contributed by atoms with Gasteiger partial charge in [-0.1, -0.05) is 18.2 Å². The minimum absolute atomic E-state index is 0.00461. The maximum absolute atomic E-state index is 12.2. The second kappa shape index (κ2) is 5.12. The molecule has 1 aromatic carbocycles. The van der Waals surface area contributed by atoms with E-state index in [4.69, 9.17) is 0 Å². The number of rotatable bonds is 1. The number of pyridine rings is 1. The number of fused-ring (bicyclic) bond motifs is 1. The van der Waals surface area contributed by atoms with Crippen molar-refractivity contribution in [3.63, 3.8) is 0 Å². The Labute approximate surface area is 117 Å². The molecule has 0 bridgehead atoms. The SMILES string of the molecule is CC(=O)N1CCC(c2cc3ccccc3[nH]c2=O)CC1. The fourth-order valence-corrected chi connectivity index (χ4v) is 2.97. The molecule has 1 aromatic heterocycles. The first-order valence-electron chi connectivity index (χ1n) is 7.02. The Kier molecular flexibility index (Phi) is 3.30. The zero-order valence-corrected chi connectivity index (χ0v) is 11.6. The second-order valence-electron chi connectivity index (χ2n) is 5.42. The summed E-state index contributed by atoms with van der Waals surface area (Å²) < 4.78 is 0. The molecule has 1 amide bonds. The number of carbonyl (C=O) groups is 1. The van der Waals surface area contributed by atoms with Gasteiger partial charge in [0.1, 0.15) is 0 Å². The predicted octanol–water partition coefficient (Wildman–Crippen LogP) is 2.25. The summed E-state index contributed by atoms with van der Waals surface area (Å²) in [7, 11) is 0. The number of likely N-dealkylation sites (tertiary alicyclic amines) is 1. The van der Waals surface area contributed by atoms with E-state index in [0.29, 0.717) is 0 Å². The minimum atomic E-state index is 0.00461. The Bertz CT molecular complexity index is 697. The number of benzene rings is 1. The van der Waals surface area contributed by atoms with Crippen molar-refractivity contribution < 1.29 is 4.79 Å². The second-order valence-corrected chi connectivity index (χ2v) is 5.42. The van der Waals surface area contributed by atoms with Crippen molar-refractivity contribution in [2.24, 2.45) is 0 Å². The van der Waals surface area contributed by atoms with Gasteiger partial charge in [-0.15, -0.1) is 0 Å². The number of nitrogens with zero attached hydrogens (tertiary/aromatic N) is 1. The Hall–Kier alpha value is -2.10. The lowest BCUT2D eigenvalue weighted by molar-refractivity contribution is -0.129. The molecule has 20 heavy (non-hydrogen) atoms. The van der Waals surface area contributed by atoms with Crippen LogP contribution in [0.4, 0.5) is 0 Å². The molecule has 104 valence electrons. The van der Waals surface area contributed by atoms with E-state index in [1.54, 1.807) is 6.92 Å². The molecule has 4 nitrogen and oxygen atoms in total. The highest BCUT2D eigenvalue weighted by Gasteiger charge is 2.23. The van der Waals surface area contributed by atoms with Crippen molar-refractivity contribution in [1.29, 1.82) is 0 Å². The van der Waals surface area contributed by atoms with Crippen LogP contribution in [-0.4, -0.2) is 28.9 Å². The molecule has 0 radical (unpaired) electrons. The first-order chi connectivity index (χ1) is 9.65. The van der Waals surface area contributed by atoms with Gasteiger partial charge in [-0.25, -0.2) is 0 Å². The molecule has 0 unspecified atom stereocenters. The van der Waals surface area contributed by atoms with Gasteiger partial charge in [0.15, 0.2) is 0 Å². The Morgan fingerprint density at radius 2 is 1.95 bits per heavy atom. The summed E-state index contributed by atoms with van der Waals surface area (Å²) in [5.74, 6) is 0.370. The molecule has 0 aliphatic carbocycles. The van der Waals surface area contributed by atoms with Crippen LogP contribution < -0.4 is 5.56 Å². The highest BCUT2D eigenvalue weighted by atomic mass is 16.2. The van der Waals surface area contributed by atoms with Crippen molar-refractivity contribution in [3.8, 4) is 0 Å². The van der Waals surface area contributed by atoms with Crippen molar-refractivity contribution in [2.45, 2.75) is 25.7 Å². The van der Waals surface area contributed by atoms with Crippen molar-refractivity contribution >= 4 is 16.8 Å². The fraction of sp³-hybridized carbons (Fsp3) is 0.375. The zero-order valence-electron chi connectivity index (χ0n) is 11.6. The summed E-state index contributed by atoms with van der Waals surface area (Å²) in [5.41, 5.74) is 1.74. The fourth-order valence-electron chi connectivity index (χ4n) is 2.97. The van der Waals surface area contributed by atoms with Crippen molar-refractivity contribution in [1.82, 2.24) is 9.88 Å². The van der Waals surface area contributed by atoms with Crippen LogP contribution in [0.1, 0.15) is 31.2 Å². The summed E-state index contributed by atoms with van der Waals surface area (Å²) in [6.45, 7) is 3.09. The maximum Gasteiger partial charge on any atom is 0.251 e. The lowest BCUT2D eigenvalue weighted by Crippen LogP contribution is -2.37. The monoisotopic (exact) mass is 270 g/mol. The third-order valence-electron chi connectivity index (χ3n) is 4.16. The molecule has 3 rings (SSSR count). The smallest absolute Gasteiger partial charge is 0.251 e. The third kappa shape index (κ3) is 2.33. The Balaban J connectivity index is 1.89. The number of H-pyrrole nitrogens is 1. The summed E-state index contributed by atoms with van der Waals surface area (Å²) in [5, 5.41) is 1.07. The molecule has 1 N–H and O–H groups in total. The number of para-hydroxylation sites is 1. The van der Waals surface area contributed by atoms with Crippen molar-refractivity contribution in [3.05, 3.63) is 46.2 Å². The molecule has 0 saturated carbocycles. The first kappa shape index (κ1) is 12.9. The van der Waals surface area contributed by atoms with Gasteiger partial charge in [0.25, 0.3) is 5.56 Å². The van der Waals surface area contributed by atoms with E-state index in [1.807, 2.05) is 35.2 Å². The number of aromatic amines is 1. The average molecular weight is 270 g/mol.